The van der Waals surface area contributed by atoms with Crippen LogP contribution in [0.1, 0.15) is 31.2 Å². The maximum absolute atomic E-state index is 13.0. The lowest BCUT2D eigenvalue weighted by molar-refractivity contribution is -0.138. The van der Waals surface area contributed by atoms with Gasteiger partial charge in [0.2, 0.25) is 5.91 Å². The molecule has 0 saturated carbocycles. The van der Waals surface area contributed by atoms with Gasteiger partial charge in [-0.1, -0.05) is 6.07 Å². The van der Waals surface area contributed by atoms with E-state index in [1.807, 2.05) is 42.2 Å². The van der Waals surface area contributed by atoms with Crippen molar-refractivity contribution in [2.75, 3.05) is 31.9 Å². The van der Waals surface area contributed by atoms with E-state index in [2.05, 4.69) is 25.8 Å². The molecule has 0 aliphatic carbocycles. The molecule has 0 spiro atoms. The molecule has 2 aliphatic heterocycles. The highest BCUT2D eigenvalue weighted by molar-refractivity contribution is 7.99. The minimum atomic E-state index is 0.175. The smallest absolute Gasteiger partial charge is 0.225 e. The highest BCUT2D eigenvalue weighted by Crippen LogP contribution is 2.30. The summed E-state index contributed by atoms with van der Waals surface area (Å²) in [4.78, 5) is 26.0. The first-order valence-corrected chi connectivity index (χ1v) is 11.3. The van der Waals surface area contributed by atoms with E-state index in [9.17, 15) is 4.79 Å². The molecule has 2 aliphatic rings. The van der Waals surface area contributed by atoms with E-state index in [4.69, 9.17) is 5.73 Å². The van der Waals surface area contributed by atoms with Crippen molar-refractivity contribution in [3.63, 3.8) is 0 Å². The molecule has 29 heavy (non-hydrogen) atoms. The first-order chi connectivity index (χ1) is 14.2. The monoisotopic (exact) mass is 411 g/mol. The summed E-state index contributed by atoms with van der Waals surface area (Å²) in [5, 5.41) is 1.64. The van der Waals surface area contributed by atoms with E-state index < -0.39 is 0 Å². The van der Waals surface area contributed by atoms with Crippen molar-refractivity contribution >= 4 is 23.5 Å². The van der Waals surface area contributed by atoms with Crippen LogP contribution in [-0.2, 0) is 11.3 Å². The lowest BCUT2D eigenvalue weighted by Crippen LogP contribution is -2.45. The highest BCUT2D eigenvalue weighted by atomic mass is 32.2. The van der Waals surface area contributed by atoms with Crippen molar-refractivity contribution in [1.82, 2.24) is 19.8 Å². The Kier molecular flexibility index (Phi) is 6.67. The van der Waals surface area contributed by atoms with Crippen molar-refractivity contribution in [1.29, 1.82) is 0 Å². The summed E-state index contributed by atoms with van der Waals surface area (Å²) >= 11 is 1.85. The van der Waals surface area contributed by atoms with Crippen LogP contribution in [0, 0.1) is 5.92 Å². The number of nitrogen functional groups attached to an aromatic ring is 1. The summed E-state index contributed by atoms with van der Waals surface area (Å²) in [5.74, 6) is 1.10. The van der Waals surface area contributed by atoms with Crippen LogP contribution in [-0.4, -0.2) is 57.1 Å². The normalized spacial score (nSPS) is 19.4. The molecule has 0 unspecified atom stereocenters. The van der Waals surface area contributed by atoms with E-state index in [1.165, 1.54) is 5.56 Å². The number of rotatable bonds is 5. The molecule has 154 valence electrons. The van der Waals surface area contributed by atoms with Crippen LogP contribution in [0.5, 0.6) is 0 Å². The minimum absolute atomic E-state index is 0.175. The molecule has 2 fully saturated rings. The molecular formula is C22H29N5OS. The maximum atomic E-state index is 13.0. The molecule has 7 heteroatoms. The molecule has 2 saturated heterocycles. The van der Waals surface area contributed by atoms with Crippen LogP contribution < -0.4 is 5.73 Å². The molecule has 6 nitrogen and oxygen atoms in total. The fourth-order valence-electron chi connectivity index (χ4n) is 4.23. The minimum Gasteiger partial charge on any atom is -0.384 e. The van der Waals surface area contributed by atoms with Gasteiger partial charge in [0.25, 0.3) is 0 Å². The van der Waals surface area contributed by atoms with Gasteiger partial charge in [-0.25, -0.2) is 9.97 Å². The second-order valence-electron chi connectivity index (χ2n) is 7.95. The van der Waals surface area contributed by atoms with Crippen LogP contribution in [0.2, 0.25) is 0 Å². The zero-order valence-electron chi connectivity index (χ0n) is 16.7. The number of nitrogens with zero attached hydrogens (tertiary/aromatic N) is 4. The topological polar surface area (TPSA) is 75.3 Å². The molecule has 4 rings (SSSR count). The van der Waals surface area contributed by atoms with Gasteiger partial charge in [-0.05, 0) is 68.6 Å². The Hall–Kier alpha value is -2.12. The number of hydrogen-bond donors (Lipinski definition) is 1. The van der Waals surface area contributed by atoms with Crippen molar-refractivity contribution < 1.29 is 4.79 Å². The Morgan fingerprint density at radius 1 is 1.03 bits per heavy atom. The van der Waals surface area contributed by atoms with Crippen molar-refractivity contribution in [3.05, 3.63) is 48.3 Å². The third-order valence-electron chi connectivity index (χ3n) is 5.87. The van der Waals surface area contributed by atoms with Crippen LogP contribution >= 0.6 is 11.8 Å². The third-order valence-corrected chi connectivity index (χ3v) is 7.16. The molecule has 0 radical (unpaired) electrons. The summed E-state index contributed by atoms with van der Waals surface area (Å²) in [5.41, 5.74) is 6.97. The van der Waals surface area contributed by atoms with E-state index in [0.717, 1.165) is 63.4 Å². The van der Waals surface area contributed by atoms with Gasteiger partial charge in [-0.3, -0.25) is 9.69 Å². The lowest BCUT2D eigenvalue weighted by Gasteiger charge is -2.37. The number of aromatic nitrogens is 2. The number of thioether (sulfide) groups is 1. The Labute approximate surface area is 176 Å². The number of nitrogens with two attached hydrogens (primary N) is 1. The fourth-order valence-corrected chi connectivity index (χ4v) is 5.30. The number of anilines is 1. The van der Waals surface area contributed by atoms with Gasteiger partial charge in [0.15, 0.2) is 0 Å². The maximum Gasteiger partial charge on any atom is 0.225 e. The standard InChI is InChI=1S/C22H29N5OS/c23-20-15-17(4-10-24-20)16-26-11-5-18(6-12-26)22(28)27-13-7-19(8-14-27)29-21-3-1-2-9-25-21/h1-4,9-10,15,18-19H,5-8,11-14,16H2,(H2,23,24). The quantitative estimate of drug-likeness (QED) is 0.815. The second-order valence-corrected chi connectivity index (χ2v) is 9.27. The summed E-state index contributed by atoms with van der Waals surface area (Å²) in [7, 11) is 0. The average molecular weight is 412 g/mol. The molecule has 4 heterocycles. The largest absolute Gasteiger partial charge is 0.384 e. The van der Waals surface area contributed by atoms with Crippen LogP contribution in [0.25, 0.3) is 0 Å². The third kappa shape index (κ3) is 5.48. The van der Waals surface area contributed by atoms with E-state index in [-0.39, 0.29) is 5.92 Å². The van der Waals surface area contributed by atoms with E-state index >= 15 is 0 Å². The Morgan fingerprint density at radius 3 is 2.52 bits per heavy atom. The van der Waals surface area contributed by atoms with Gasteiger partial charge >= 0.3 is 0 Å². The molecule has 2 N–H and O–H groups in total. The molecule has 2 aromatic rings. The number of hydrogen-bond acceptors (Lipinski definition) is 6. The van der Waals surface area contributed by atoms with Gasteiger partial charge in [0.05, 0.1) is 5.03 Å². The number of carbonyl (C=O) groups is 1. The van der Waals surface area contributed by atoms with Crippen LogP contribution in [0.4, 0.5) is 5.82 Å². The predicted octanol–water partition coefficient (Wildman–Crippen LogP) is 3.05. The average Bonchev–Trinajstić information content (AvgIpc) is 2.75. The molecular weight excluding hydrogens is 382 g/mol. The van der Waals surface area contributed by atoms with Crippen LogP contribution in [0.3, 0.4) is 0 Å². The zero-order chi connectivity index (χ0) is 20.1. The summed E-state index contributed by atoms with van der Waals surface area (Å²) < 4.78 is 0. The number of pyridine rings is 2. The highest BCUT2D eigenvalue weighted by Gasteiger charge is 2.31. The summed E-state index contributed by atoms with van der Waals surface area (Å²) in [6.45, 7) is 4.55. The fraction of sp³-hybridized carbons (Fsp3) is 0.500. The number of amides is 1. The molecule has 1 amide bonds. The second kappa shape index (κ2) is 9.59. The van der Waals surface area contributed by atoms with Gasteiger partial charge in [0, 0.05) is 43.2 Å². The molecule has 0 atom stereocenters. The Balaban J connectivity index is 1.21. The molecule has 2 aromatic heterocycles. The Bertz CT molecular complexity index is 802. The molecule has 0 bridgehead atoms. The van der Waals surface area contributed by atoms with Crippen molar-refractivity contribution in [2.24, 2.45) is 5.92 Å². The zero-order valence-corrected chi connectivity index (χ0v) is 17.6. The van der Waals surface area contributed by atoms with E-state index in [0.29, 0.717) is 17.0 Å². The van der Waals surface area contributed by atoms with Gasteiger partial charge in [0.1, 0.15) is 5.82 Å². The van der Waals surface area contributed by atoms with Gasteiger partial charge in [-0.15, -0.1) is 11.8 Å². The molecule has 0 aromatic carbocycles. The predicted molar refractivity (Wildman–Crippen MR) is 116 cm³/mol. The number of piperidine rings is 2. The summed E-state index contributed by atoms with van der Waals surface area (Å²) in [6, 6.07) is 9.99. The SMILES string of the molecule is Nc1cc(CN2CCC(C(=O)N3CCC(Sc4ccccn4)CC3)CC2)ccn1. The number of likely N-dealkylation sites (tertiary alicyclic amines) is 2. The van der Waals surface area contributed by atoms with Crippen molar-refractivity contribution in [3.8, 4) is 0 Å². The first-order valence-electron chi connectivity index (χ1n) is 10.5. The van der Waals surface area contributed by atoms with Gasteiger partial charge < -0.3 is 10.6 Å². The Morgan fingerprint density at radius 2 is 1.83 bits per heavy atom. The van der Waals surface area contributed by atoms with Crippen molar-refractivity contribution in [2.45, 2.75) is 42.5 Å². The van der Waals surface area contributed by atoms with E-state index in [1.54, 1.807) is 6.20 Å². The summed E-state index contributed by atoms with van der Waals surface area (Å²) in [6.07, 6.45) is 7.60. The number of carbonyl (C=O) groups excluding carboxylic acids is 1. The first kappa shape index (κ1) is 20.2. The van der Waals surface area contributed by atoms with Crippen LogP contribution in [0.15, 0.2) is 47.8 Å². The lowest BCUT2D eigenvalue weighted by atomic mass is 9.94. The van der Waals surface area contributed by atoms with Gasteiger partial charge in [-0.2, -0.15) is 0 Å².